The van der Waals surface area contributed by atoms with E-state index in [4.69, 9.17) is 86.6 Å². The van der Waals surface area contributed by atoms with Gasteiger partial charge in [0, 0.05) is 59.8 Å². The van der Waals surface area contributed by atoms with Crippen LogP contribution in [0.3, 0.4) is 0 Å². The lowest BCUT2D eigenvalue weighted by atomic mass is 10.1. The first kappa shape index (κ1) is 116. The van der Waals surface area contributed by atoms with E-state index < -0.39 is 195 Å². The molecule has 6 unspecified atom stereocenters. The normalized spacial score (nSPS) is 27.8. The Morgan fingerprint density at radius 3 is 0.952 bits per heavy atom. The molecule has 145 heavy (non-hydrogen) atoms. The average Bonchev–Trinajstić information content (AvgIpc) is 1.61. The van der Waals surface area contributed by atoms with Crippen molar-refractivity contribution in [2.24, 2.45) is 0 Å². The number of nitrogen functional groups attached to an aromatic ring is 6. The average molecular weight is 2370 g/mol. The molecule has 0 amide bonds. The maximum Gasteiger partial charge on any atom is 0.293 e. The Morgan fingerprint density at radius 1 is 0.366 bits per heavy atom. The Bertz CT molecular complexity index is 6480. The highest BCUT2D eigenvalue weighted by atomic mass is 127. The van der Waals surface area contributed by atoms with Crippen molar-refractivity contribution >= 4 is 254 Å². The fourth-order valence-corrected chi connectivity index (χ4v) is 25.5. The number of aliphatic hydroxyl groups excluding tert-OH is 12. The summed E-state index contributed by atoms with van der Waals surface area (Å²) in [5.74, 6) is 0. The monoisotopic (exact) mass is 2360 g/mol. The number of anilines is 6. The summed E-state index contributed by atoms with van der Waals surface area (Å²) >= 11 is 18.4. The van der Waals surface area contributed by atoms with Gasteiger partial charge in [-0.2, -0.15) is 9.37 Å². The molecular weight excluding hydrogens is 2230 g/mol. The van der Waals surface area contributed by atoms with Crippen LogP contribution in [0.15, 0.2) is 83.5 Å². The van der Waals surface area contributed by atoms with E-state index in [2.05, 4.69) is 216 Å². The minimum absolute atomic E-state index is 0.109. The molecule has 6 aliphatic rings. The van der Waals surface area contributed by atoms with Crippen molar-refractivity contribution in [2.45, 2.75) is 191 Å². The van der Waals surface area contributed by atoms with Gasteiger partial charge in [0.2, 0.25) is 5.28 Å². The van der Waals surface area contributed by atoms with Gasteiger partial charge in [-0.3, -0.25) is 27.4 Å². The minimum Gasteiger partial charge on any atom is -0.397 e. The van der Waals surface area contributed by atoms with Crippen molar-refractivity contribution in [3.8, 4) is 0 Å². The summed E-state index contributed by atoms with van der Waals surface area (Å²) in [6.07, 6.45) is 23.8. The number of nitrogens with two attached hydrogens (primary N) is 6. The summed E-state index contributed by atoms with van der Waals surface area (Å²) in [5, 5.41) is 126. The topological polar surface area (TPSA) is 641 Å². The van der Waals surface area contributed by atoms with Crippen molar-refractivity contribution in [3.05, 3.63) is 98.3 Å². The lowest BCUT2D eigenvalue weighted by molar-refractivity contribution is -0.0413. The maximum absolute atomic E-state index is 14.3. The van der Waals surface area contributed by atoms with Gasteiger partial charge in [-0.1, -0.05) is 11.8 Å². The van der Waals surface area contributed by atoms with E-state index in [0.29, 0.717) is 141 Å². The SMILES string of the molecule is C=P(C)(C)CCC1O[C@@H](n2c(=S)[nH]c3c(N)ccnc32)[C@H](O)[C@@H]1O.C=P(C)(C)CCC1O[C@@H](n2c(Br)nc3c(N)ccnc32)[C@H](O)[C@@H]1O.C=P(C)(C)CCC1O[C@@H](n2c(Cl)nc3c(N)ccnc32)[C@H](O)[C@@H]1O.C=P(C)(C)CCC1O[C@@H](n2c(F)nc3c(N)ccnc32)[C@H](O)[C@@H]1O.C=P(C)(C)CCC1O[C@@H](n2c(I)nc3c(N)ccnc32)[C@H](O)[C@@H]1O.C=P(C)(C)CCC1O[C@@H](n2c(SC)nc3c(N)ccnc32)[C@H](O)[C@@H]1O. The number of imidazole rings is 6. The number of aromatic nitrogens is 18. The highest BCUT2D eigenvalue weighted by Gasteiger charge is 2.52. The van der Waals surface area contributed by atoms with Crippen LogP contribution >= 0.6 is 115 Å². The molecule has 18 heterocycles. The Kier molecular flexibility index (Phi) is 37.2. The van der Waals surface area contributed by atoms with Crippen molar-refractivity contribution < 1.29 is 94.1 Å². The Labute approximate surface area is 875 Å². The number of fused-ring (bicyclic) bond motifs is 6. The first-order chi connectivity index (χ1) is 67.7. The fourth-order valence-electron chi connectivity index (χ4n) is 17.4. The van der Waals surface area contributed by atoms with Gasteiger partial charge in [-0.25, -0.2) is 49.8 Å². The third kappa shape index (κ3) is 26.7. The lowest BCUT2D eigenvalue weighted by Gasteiger charge is -2.19. The van der Waals surface area contributed by atoms with Crippen molar-refractivity contribution in [1.82, 2.24) is 87.2 Å². The van der Waals surface area contributed by atoms with Crippen LogP contribution in [0.5, 0.6) is 0 Å². The Morgan fingerprint density at radius 2 is 0.614 bits per heavy atom. The van der Waals surface area contributed by atoms with Crippen LogP contribution in [0, 0.1) is 14.7 Å². The summed E-state index contributed by atoms with van der Waals surface area (Å²) in [5.41, 5.74) is 43.9. The number of thioether (sulfide) groups is 1. The molecule has 6 saturated heterocycles. The van der Waals surface area contributed by atoms with Crippen LogP contribution < -0.4 is 34.4 Å². The van der Waals surface area contributed by atoms with E-state index >= 15 is 0 Å². The van der Waals surface area contributed by atoms with Gasteiger partial charge in [0.1, 0.15) is 106 Å². The second-order valence-electron chi connectivity index (χ2n) is 41.2. The third-order valence-electron chi connectivity index (χ3n) is 25.3. The van der Waals surface area contributed by atoms with Gasteiger partial charge in [-0.15, -0.1) is 79.1 Å². The zero-order chi connectivity index (χ0) is 107. The number of rotatable bonds is 25. The zero-order valence-corrected chi connectivity index (χ0v) is 94.4. The van der Waals surface area contributed by atoms with E-state index in [1.165, 1.54) is 34.8 Å². The molecule has 0 radical (unpaired) electrons. The van der Waals surface area contributed by atoms with Crippen molar-refractivity contribution in [2.75, 3.05) is 158 Å². The minimum atomic E-state index is -1.29. The molecule has 12 aromatic heterocycles. The molecule has 12 aromatic rings. The van der Waals surface area contributed by atoms with Gasteiger partial charge in [0.15, 0.2) is 89.7 Å². The second kappa shape index (κ2) is 46.7. The number of aliphatic hydroxyl groups is 12. The molecular formula is C91H136BrClFIN24O18P6S2. The first-order valence-corrected chi connectivity index (χ1v) is 68.6. The standard InChI is InChI=1S/C16H25N4O3PS.C15H22BrN4O3P.C15H22ClN4O3P.C15H22FN4O3P.C15H22IN4O3P.C15H23N4O3PS/c1-24(2,3)8-6-10-12(21)13(22)15(23-10)20-14-11(19-16(20)25-4)9(17)5-7-18-14;4*1-24(2,3)7-5-9-11(21)12(22)14(23-9)20-13-10(19-15(20)16)8(17)4-6-18-13;1-23(2,3)7-5-9-11(20)12(21)14(22-9)19-13-10(18-15(19)24)8(16)4-6-17-13/h5,7,10,12-13,15,21-22H,1,6,8H2,2-4H3,(H2,17,18);4*4,6,9,11-12,14,21-22H,1,5,7H2,2-3H3,(H2,17,18);4,6,9,11-12,14,20-21H,1,5,7H2,2-3H3,(H2,16,17)(H,18,24)/t10?,12-,13-,15-;5*9?,11-,12-,14-/m111111/s1. The van der Waals surface area contributed by atoms with Crippen molar-refractivity contribution in [1.29, 1.82) is 0 Å². The molecule has 6 aliphatic heterocycles. The molecule has 18 rings (SSSR count). The van der Waals surface area contributed by atoms with Gasteiger partial charge < -0.3 is 129 Å². The zero-order valence-electron chi connectivity index (χ0n) is 82.9. The van der Waals surface area contributed by atoms with E-state index in [1.807, 2.05) is 6.26 Å². The third-order valence-corrected chi connectivity index (χ3v) is 36.7. The van der Waals surface area contributed by atoms with Crippen LogP contribution in [0.1, 0.15) is 75.9 Å². The van der Waals surface area contributed by atoms with Crippen LogP contribution in [-0.2, 0) is 28.4 Å². The van der Waals surface area contributed by atoms with Crippen molar-refractivity contribution in [3.63, 3.8) is 0 Å². The summed E-state index contributed by atoms with van der Waals surface area (Å²) < 4.78 is 60.4. The summed E-state index contributed by atoms with van der Waals surface area (Å²) in [6.45, 7) is 18.0. The highest BCUT2D eigenvalue weighted by molar-refractivity contribution is 14.1. The van der Waals surface area contributed by atoms with Crippen LogP contribution in [-0.4, -0.2) is 419 Å². The molecule has 0 aliphatic carbocycles. The number of aromatic amines is 1. The molecule has 0 bridgehead atoms. The quantitative estimate of drug-likeness (QED) is 0.0112. The van der Waals surface area contributed by atoms with Crippen LogP contribution in [0.25, 0.3) is 67.0 Å². The van der Waals surface area contributed by atoms with Gasteiger partial charge in [0.25, 0.3) is 6.08 Å². The number of H-pyrrole nitrogens is 1. The maximum atomic E-state index is 14.3. The number of hydrogen-bond donors (Lipinski definition) is 19. The van der Waals surface area contributed by atoms with Gasteiger partial charge >= 0.3 is 0 Å². The number of nitrogens with zero attached hydrogens (tertiary/aromatic N) is 17. The fraction of sp³-hybridized carbons (Fsp3) is 0.538. The molecule has 24 atom stereocenters. The molecule has 25 N–H and O–H groups in total. The van der Waals surface area contributed by atoms with Gasteiger partial charge in [-0.05, 0) is 238 Å². The summed E-state index contributed by atoms with van der Waals surface area (Å²) in [4.78, 5) is 49.8. The lowest BCUT2D eigenvalue weighted by Crippen LogP contribution is -2.32. The van der Waals surface area contributed by atoms with E-state index in [1.54, 1.807) is 73.4 Å². The molecule has 0 spiro atoms. The predicted molar refractivity (Wildman–Crippen MR) is 604 cm³/mol. The number of nitrogens with one attached hydrogen (secondary N) is 1. The molecule has 798 valence electrons. The summed E-state index contributed by atoms with van der Waals surface area (Å²) in [6, 6.07) is 9.84. The number of halogens is 4. The Hall–Kier alpha value is -6.40. The number of hydrogen-bond acceptors (Lipinski definition) is 37. The van der Waals surface area contributed by atoms with Crippen LogP contribution in [0.2, 0.25) is 5.28 Å². The number of pyridine rings is 6. The molecule has 42 nitrogen and oxygen atoms in total. The van der Waals surface area contributed by atoms with Gasteiger partial charge in [0.05, 0.1) is 70.7 Å². The second-order valence-corrected chi connectivity index (χ2v) is 70.3. The molecule has 0 saturated carbocycles. The molecule has 54 heteroatoms. The summed E-state index contributed by atoms with van der Waals surface area (Å²) in [7, 11) is 0. The Balaban J connectivity index is 0.000000146. The molecule has 6 fully saturated rings. The smallest absolute Gasteiger partial charge is 0.293 e. The number of ether oxygens (including phenoxy) is 6. The van der Waals surface area contributed by atoms with E-state index in [9.17, 15) is 65.7 Å². The van der Waals surface area contributed by atoms with E-state index in [0.717, 1.165) is 41.5 Å². The van der Waals surface area contributed by atoms with E-state index in [-0.39, 0.29) is 22.1 Å². The highest BCUT2D eigenvalue weighted by Crippen LogP contribution is 2.49. The first-order valence-electron chi connectivity index (χ1n) is 46.4. The van der Waals surface area contributed by atoms with Crippen LogP contribution in [0.4, 0.5) is 38.5 Å². The predicted octanol–water partition coefficient (Wildman–Crippen LogP) is 7.94. The largest absolute Gasteiger partial charge is 0.397 e. The molecule has 0 aromatic carbocycles.